The normalized spacial score (nSPS) is 22.1. The van der Waals surface area contributed by atoms with Crippen LogP contribution in [0.15, 0.2) is 10.7 Å². The van der Waals surface area contributed by atoms with Crippen LogP contribution in [0.1, 0.15) is 29.2 Å². The van der Waals surface area contributed by atoms with Crippen LogP contribution in [0, 0.1) is 0 Å². The maximum absolute atomic E-state index is 10.6. The van der Waals surface area contributed by atoms with Gasteiger partial charge in [-0.05, 0) is 26.4 Å². The molecule has 0 radical (unpaired) electrons. The van der Waals surface area contributed by atoms with Crippen molar-refractivity contribution in [3.05, 3.63) is 17.8 Å². The molecule has 15 heavy (non-hydrogen) atoms. The third-order valence-electron chi connectivity index (χ3n) is 2.85. The fraction of sp³-hybridized carbons (Fsp3) is 0.600. The second kappa shape index (κ2) is 4.02. The lowest BCUT2D eigenvalue weighted by atomic mass is 10.1. The lowest BCUT2D eigenvalue weighted by Crippen LogP contribution is -2.26. The SMILES string of the molecule is CN1CCCC1Cc1nc(C(=O)O)co1. The van der Waals surface area contributed by atoms with Crippen LogP contribution in [0.5, 0.6) is 0 Å². The maximum atomic E-state index is 10.6. The van der Waals surface area contributed by atoms with E-state index in [0.29, 0.717) is 18.4 Å². The maximum Gasteiger partial charge on any atom is 0.357 e. The minimum atomic E-state index is -1.04. The van der Waals surface area contributed by atoms with Crippen molar-refractivity contribution in [2.24, 2.45) is 0 Å². The molecule has 0 spiro atoms. The van der Waals surface area contributed by atoms with Crippen LogP contribution < -0.4 is 0 Å². The van der Waals surface area contributed by atoms with Crippen molar-refractivity contribution in [2.75, 3.05) is 13.6 Å². The minimum absolute atomic E-state index is 0.00866. The summed E-state index contributed by atoms with van der Waals surface area (Å²) in [5, 5.41) is 8.68. The Morgan fingerprint density at radius 1 is 1.80 bits per heavy atom. The highest BCUT2D eigenvalue weighted by molar-refractivity contribution is 5.84. The topological polar surface area (TPSA) is 66.6 Å². The number of nitrogens with zero attached hydrogens (tertiary/aromatic N) is 2. The average Bonchev–Trinajstić information content (AvgIpc) is 2.77. The number of carbonyl (C=O) groups is 1. The molecule has 1 unspecified atom stereocenters. The highest BCUT2D eigenvalue weighted by Crippen LogP contribution is 2.18. The monoisotopic (exact) mass is 210 g/mol. The fourth-order valence-corrected chi connectivity index (χ4v) is 1.94. The summed E-state index contributed by atoms with van der Waals surface area (Å²) in [6.45, 7) is 1.09. The van der Waals surface area contributed by atoms with Gasteiger partial charge in [0.1, 0.15) is 6.26 Å². The zero-order valence-corrected chi connectivity index (χ0v) is 8.64. The Hall–Kier alpha value is -1.36. The fourth-order valence-electron chi connectivity index (χ4n) is 1.94. The molecule has 5 heteroatoms. The molecule has 1 aliphatic rings. The predicted octanol–water partition coefficient (Wildman–Crippen LogP) is 1.01. The largest absolute Gasteiger partial charge is 0.476 e. The first-order valence-corrected chi connectivity index (χ1v) is 5.05. The van der Waals surface area contributed by atoms with Crippen LogP contribution in [0.3, 0.4) is 0 Å². The van der Waals surface area contributed by atoms with Crippen molar-refractivity contribution in [3.8, 4) is 0 Å². The molecule has 1 aliphatic heterocycles. The second-order valence-corrected chi connectivity index (χ2v) is 3.91. The standard InChI is InChI=1S/C10H14N2O3/c1-12-4-2-3-7(12)5-9-11-8(6-15-9)10(13)14/h6-7H,2-5H2,1H3,(H,13,14). The molecule has 0 amide bonds. The van der Waals surface area contributed by atoms with Crippen molar-refractivity contribution < 1.29 is 14.3 Å². The first-order chi connectivity index (χ1) is 7.16. The molecule has 0 bridgehead atoms. The van der Waals surface area contributed by atoms with E-state index in [2.05, 4.69) is 16.9 Å². The van der Waals surface area contributed by atoms with Gasteiger partial charge in [-0.2, -0.15) is 0 Å². The molecule has 1 saturated heterocycles. The van der Waals surface area contributed by atoms with E-state index in [1.54, 1.807) is 0 Å². The minimum Gasteiger partial charge on any atom is -0.476 e. The van der Waals surface area contributed by atoms with Crippen molar-refractivity contribution in [3.63, 3.8) is 0 Å². The van der Waals surface area contributed by atoms with Crippen LogP contribution in [0.4, 0.5) is 0 Å². The molecule has 82 valence electrons. The Labute approximate surface area is 87.7 Å². The Morgan fingerprint density at radius 3 is 3.13 bits per heavy atom. The molecule has 1 aromatic heterocycles. The van der Waals surface area contributed by atoms with Crippen LogP contribution in [0.25, 0.3) is 0 Å². The molecule has 1 aromatic rings. The first-order valence-electron chi connectivity index (χ1n) is 5.05. The van der Waals surface area contributed by atoms with Crippen molar-refractivity contribution in [2.45, 2.75) is 25.3 Å². The summed E-state index contributed by atoms with van der Waals surface area (Å²) in [6.07, 6.45) is 4.21. The summed E-state index contributed by atoms with van der Waals surface area (Å²) in [4.78, 5) is 16.8. The first kappa shape index (κ1) is 10.2. The van der Waals surface area contributed by atoms with Crippen LogP contribution in [-0.2, 0) is 6.42 Å². The van der Waals surface area contributed by atoms with Crippen LogP contribution in [-0.4, -0.2) is 40.6 Å². The molecule has 0 aromatic carbocycles. The zero-order chi connectivity index (χ0) is 10.8. The van der Waals surface area contributed by atoms with Gasteiger partial charge >= 0.3 is 5.97 Å². The number of aromatic nitrogens is 1. The van der Waals surface area contributed by atoms with E-state index in [4.69, 9.17) is 9.52 Å². The number of likely N-dealkylation sites (tertiary alicyclic amines) is 1. The molecule has 1 N–H and O–H groups in total. The van der Waals surface area contributed by atoms with Crippen molar-refractivity contribution in [1.82, 2.24) is 9.88 Å². The summed E-state index contributed by atoms with van der Waals surface area (Å²) in [6, 6.07) is 0.435. The average molecular weight is 210 g/mol. The molecular formula is C10H14N2O3. The highest BCUT2D eigenvalue weighted by Gasteiger charge is 2.23. The molecule has 5 nitrogen and oxygen atoms in total. The quantitative estimate of drug-likeness (QED) is 0.806. The number of hydrogen-bond acceptors (Lipinski definition) is 4. The smallest absolute Gasteiger partial charge is 0.357 e. The van der Waals surface area contributed by atoms with E-state index in [9.17, 15) is 4.79 Å². The molecule has 0 saturated carbocycles. The van der Waals surface area contributed by atoms with Crippen LogP contribution >= 0.6 is 0 Å². The van der Waals surface area contributed by atoms with E-state index >= 15 is 0 Å². The van der Waals surface area contributed by atoms with Crippen LogP contribution in [0.2, 0.25) is 0 Å². The van der Waals surface area contributed by atoms with Crippen molar-refractivity contribution >= 4 is 5.97 Å². The van der Waals surface area contributed by atoms with Crippen molar-refractivity contribution in [1.29, 1.82) is 0 Å². The van der Waals surface area contributed by atoms with Gasteiger partial charge in [0, 0.05) is 12.5 Å². The summed E-state index contributed by atoms with van der Waals surface area (Å²) in [7, 11) is 2.07. The molecule has 2 rings (SSSR count). The third-order valence-corrected chi connectivity index (χ3v) is 2.85. The van der Waals surface area contributed by atoms with E-state index in [0.717, 1.165) is 13.0 Å². The van der Waals surface area contributed by atoms with Gasteiger partial charge in [-0.1, -0.05) is 0 Å². The van der Waals surface area contributed by atoms with Gasteiger partial charge in [0.15, 0.2) is 11.6 Å². The van der Waals surface area contributed by atoms with Gasteiger partial charge < -0.3 is 14.4 Å². The van der Waals surface area contributed by atoms with E-state index in [-0.39, 0.29) is 5.69 Å². The predicted molar refractivity (Wildman–Crippen MR) is 52.8 cm³/mol. The Morgan fingerprint density at radius 2 is 2.60 bits per heavy atom. The van der Waals surface area contributed by atoms with E-state index < -0.39 is 5.97 Å². The Balaban J connectivity index is 2.01. The van der Waals surface area contributed by atoms with E-state index in [1.165, 1.54) is 12.7 Å². The molecule has 0 aliphatic carbocycles. The Bertz CT molecular complexity index is 361. The number of aromatic carboxylic acids is 1. The lowest BCUT2D eigenvalue weighted by Gasteiger charge is -2.16. The number of oxazole rings is 1. The van der Waals surface area contributed by atoms with Gasteiger partial charge in [-0.15, -0.1) is 0 Å². The third kappa shape index (κ3) is 2.18. The van der Waals surface area contributed by atoms with Gasteiger partial charge in [-0.3, -0.25) is 0 Å². The molecule has 1 atom stereocenters. The number of likely N-dealkylation sites (N-methyl/N-ethyl adjacent to an activating group) is 1. The number of carboxylic acids is 1. The van der Waals surface area contributed by atoms with Gasteiger partial charge in [0.05, 0.1) is 0 Å². The van der Waals surface area contributed by atoms with Gasteiger partial charge in [0.2, 0.25) is 0 Å². The summed E-state index contributed by atoms with van der Waals surface area (Å²) >= 11 is 0. The summed E-state index contributed by atoms with van der Waals surface area (Å²) < 4.78 is 5.12. The number of rotatable bonds is 3. The number of hydrogen-bond donors (Lipinski definition) is 1. The van der Waals surface area contributed by atoms with Gasteiger partial charge in [-0.25, -0.2) is 9.78 Å². The lowest BCUT2D eigenvalue weighted by molar-refractivity contribution is 0.0690. The Kier molecular flexibility index (Phi) is 2.73. The molecule has 1 fully saturated rings. The highest BCUT2D eigenvalue weighted by atomic mass is 16.4. The zero-order valence-electron chi connectivity index (χ0n) is 8.64. The second-order valence-electron chi connectivity index (χ2n) is 3.91. The van der Waals surface area contributed by atoms with Gasteiger partial charge in [0.25, 0.3) is 0 Å². The number of carboxylic acid groups (broad SMARTS) is 1. The molecule has 2 heterocycles. The summed E-state index contributed by atoms with van der Waals surface area (Å²) in [5.41, 5.74) is -0.00866. The molecular weight excluding hydrogens is 196 g/mol. The van der Waals surface area contributed by atoms with E-state index in [1.807, 2.05) is 0 Å². The summed E-state index contributed by atoms with van der Waals surface area (Å²) in [5.74, 6) is -0.518.